The lowest BCUT2D eigenvalue weighted by atomic mass is 10.2. The molecule has 2 heterocycles. The molecule has 2 saturated heterocycles. The first-order valence-electron chi connectivity index (χ1n) is 7.74. The number of halogens is 2. The van der Waals surface area contributed by atoms with Crippen LogP contribution in [0.1, 0.15) is 12.8 Å². The van der Waals surface area contributed by atoms with Crippen LogP contribution >= 0.6 is 27.5 Å². The highest BCUT2D eigenvalue weighted by molar-refractivity contribution is 9.10. The highest BCUT2D eigenvalue weighted by atomic mass is 79.9. The summed E-state index contributed by atoms with van der Waals surface area (Å²) in [6, 6.07) is 3.99. The van der Waals surface area contributed by atoms with Crippen LogP contribution in [0.5, 0.6) is 0 Å². The van der Waals surface area contributed by atoms with E-state index in [-0.39, 0.29) is 15.8 Å². The van der Waals surface area contributed by atoms with Crippen molar-refractivity contribution >= 4 is 43.5 Å². The lowest BCUT2D eigenvalue weighted by molar-refractivity contribution is -0.138. The largest absolute Gasteiger partial charge is 0.378 e. The topological polar surface area (TPSA) is 66.9 Å². The molecule has 2 aliphatic heterocycles. The van der Waals surface area contributed by atoms with Gasteiger partial charge < -0.3 is 9.64 Å². The van der Waals surface area contributed by atoms with Crippen molar-refractivity contribution in [1.29, 1.82) is 0 Å². The summed E-state index contributed by atoms with van der Waals surface area (Å²) >= 11 is 9.39. The van der Waals surface area contributed by atoms with E-state index in [1.54, 1.807) is 17.0 Å². The zero-order valence-electron chi connectivity index (χ0n) is 13.0. The monoisotopic (exact) mass is 436 g/mol. The number of morpholine rings is 1. The number of carbonyl (C=O) groups is 1. The number of hydrogen-bond acceptors (Lipinski definition) is 4. The molecule has 9 heteroatoms. The van der Waals surface area contributed by atoms with Gasteiger partial charge >= 0.3 is 0 Å². The van der Waals surface area contributed by atoms with Gasteiger partial charge in [0, 0.05) is 24.1 Å². The van der Waals surface area contributed by atoms with Gasteiger partial charge in [0.1, 0.15) is 10.9 Å². The van der Waals surface area contributed by atoms with Crippen LogP contribution in [0.3, 0.4) is 0 Å². The first-order valence-corrected chi connectivity index (χ1v) is 10.4. The molecular weight excluding hydrogens is 420 g/mol. The normalized spacial score (nSPS) is 22.8. The maximum absolute atomic E-state index is 13.0. The molecule has 24 heavy (non-hydrogen) atoms. The van der Waals surface area contributed by atoms with Crippen molar-refractivity contribution in [2.24, 2.45) is 0 Å². The molecule has 0 radical (unpaired) electrons. The van der Waals surface area contributed by atoms with Crippen molar-refractivity contribution < 1.29 is 17.9 Å². The van der Waals surface area contributed by atoms with Crippen LogP contribution in [-0.4, -0.2) is 62.4 Å². The number of nitrogens with zero attached hydrogens (tertiary/aromatic N) is 2. The molecule has 1 aromatic carbocycles. The van der Waals surface area contributed by atoms with Crippen LogP contribution in [0.25, 0.3) is 0 Å². The van der Waals surface area contributed by atoms with Gasteiger partial charge in [-0.2, -0.15) is 4.31 Å². The molecule has 2 aliphatic rings. The van der Waals surface area contributed by atoms with Gasteiger partial charge in [-0.05, 0) is 31.0 Å². The zero-order chi connectivity index (χ0) is 17.3. The average Bonchev–Trinajstić information content (AvgIpc) is 3.05. The summed E-state index contributed by atoms with van der Waals surface area (Å²) in [5.41, 5.74) is 0. The van der Waals surface area contributed by atoms with Crippen molar-refractivity contribution in [2.75, 3.05) is 32.8 Å². The minimum atomic E-state index is -3.82. The smallest absolute Gasteiger partial charge is 0.245 e. The Hall–Kier alpha value is -0.670. The molecule has 1 atom stereocenters. The Kier molecular flexibility index (Phi) is 5.51. The quantitative estimate of drug-likeness (QED) is 0.726. The fourth-order valence-corrected chi connectivity index (χ4v) is 5.74. The summed E-state index contributed by atoms with van der Waals surface area (Å²) in [4.78, 5) is 14.5. The molecule has 0 spiro atoms. The lowest BCUT2D eigenvalue weighted by Gasteiger charge is -2.32. The Morgan fingerprint density at radius 3 is 2.62 bits per heavy atom. The van der Waals surface area contributed by atoms with Gasteiger partial charge in [-0.25, -0.2) is 8.42 Å². The van der Waals surface area contributed by atoms with Gasteiger partial charge in [-0.3, -0.25) is 4.79 Å². The van der Waals surface area contributed by atoms with E-state index in [0.29, 0.717) is 50.2 Å². The van der Waals surface area contributed by atoms with Gasteiger partial charge in [0.25, 0.3) is 0 Å². The Morgan fingerprint density at radius 2 is 1.96 bits per heavy atom. The maximum atomic E-state index is 13.0. The summed E-state index contributed by atoms with van der Waals surface area (Å²) in [6.07, 6.45) is 1.19. The summed E-state index contributed by atoms with van der Waals surface area (Å²) in [5, 5.41) is 0.147. The highest BCUT2D eigenvalue weighted by Crippen LogP contribution is 2.32. The molecule has 1 aromatic rings. The molecule has 1 amide bonds. The van der Waals surface area contributed by atoms with E-state index < -0.39 is 16.1 Å². The third-order valence-electron chi connectivity index (χ3n) is 4.29. The third kappa shape index (κ3) is 3.48. The minimum Gasteiger partial charge on any atom is -0.378 e. The fraction of sp³-hybridized carbons (Fsp3) is 0.533. The summed E-state index contributed by atoms with van der Waals surface area (Å²) in [5.74, 6) is -0.146. The summed E-state index contributed by atoms with van der Waals surface area (Å²) in [7, 11) is -3.82. The fourth-order valence-electron chi connectivity index (χ4n) is 3.08. The van der Waals surface area contributed by atoms with Crippen LogP contribution in [0.15, 0.2) is 27.6 Å². The van der Waals surface area contributed by atoms with E-state index in [0.717, 1.165) is 0 Å². The molecule has 6 nitrogen and oxygen atoms in total. The van der Waals surface area contributed by atoms with Crippen molar-refractivity contribution in [1.82, 2.24) is 9.21 Å². The SMILES string of the molecule is O=C(C1CCCN1S(=O)(=O)c1ccc(Br)cc1Cl)N1CCOCC1. The van der Waals surface area contributed by atoms with E-state index >= 15 is 0 Å². The molecule has 132 valence electrons. The number of sulfonamides is 1. The van der Waals surface area contributed by atoms with E-state index in [4.69, 9.17) is 16.3 Å². The predicted molar refractivity (Wildman–Crippen MR) is 93.5 cm³/mol. The number of amides is 1. The van der Waals surface area contributed by atoms with Crippen LogP contribution in [-0.2, 0) is 19.6 Å². The molecule has 0 bridgehead atoms. The third-order valence-corrected chi connectivity index (χ3v) is 7.18. The number of ether oxygens (including phenoxy) is 1. The zero-order valence-corrected chi connectivity index (χ0v) is 16.1. The van der Waals surface area contributed by atoms with Gasteiger partial charge in [-0.15, -0.1) is 0 Å². The number of rotatable bonds is 3. The standard InChI is InChI=1S/C15H18BrClN2O4S/c16-11-3-4-14(12(17)10-11)24(21,22)19-5-1-2-13(19)15(20)18-6-8-23-9-7-18/h3-4,10,13H,1-2,5-9H2. The van der Waals surface area contributed by atoms with E-state index in [9.17, 15) is 13.2 Å². The second kappa shape index (κ2) is 7.29. The van der Waals surface area contributed by atoms with Crippen LogP contribution in [0, 0.1) is 0 Å². The molecule has 2 fully saturated rings. The Balaban J connectivity index is 1.87. The summed E-state index contributed by atoms with van der Waals surface area (Å²) < 4.78 is 33.2. The Morgan fingerprint density at radius 1 is 1.25 bits per heavy atom. The molecule has 0 N–H and O–H groups in total. The first kappa shape index (κ1) is 18.1. The second-order valence-electron chi connectivity index (χ2n) is 5.79. The van der Waals surface area contributed by atoms with Gasteiger partial charge in [-0.1, -0.05) is 27.5 Å². The molecular formula is C15H18BrClN2O4S. The molecule has 3 rings (SSSR count). The van der Waals surface area contributed by atoms with E-state index in [1.807, 2.05) is 0 Å². The van der Waals surface area contributed by atoms with Crippen LogP contribution in [0.4, 0.5) is 0 Å². The Labute approximate surface area is 154 Å². The first-order chi connectivity index (χ1) is 11.4. The second-order valence-corrected chi connectivity index (χ2v) is 8.97. The summed E-state index contributed by atoms with van der Waals surface area (Å²) in [6.45, 7) is 2.31. The highest BCUT2D eigenvalue weighted by Gasteiger charge is 2.42. The molecule has 0 aliphatic carbocycles. The number of hydrogen-bond donors (Lipinski definition) is 0. The van der Waals surface area contributed by atoms with Crippen LogP contribution in [0.2, 0.25) is 5.02 Å². The molecule has 1 unspecified atom stereocenters. The average molecular weight is 438 g/mol. The predicted octanol–water partition coefficient (Wildman–Crippen LogP) is 2.11. The Bertz CT molecular complexity index is 737. The van der Waals surface area contributed by atoms with Gasteiger partial charge in [0.2, 0.25) is 15.9 Å². The van der Waals surface area contributed by atoms with Crippen molar-refractivity contribution in [3.8, 4) is 0 Å². The maximum Gasteiger partial charge on any atom is 0.245 e. The van der Waals surface area contributed by atoms with Crippen molar-refractivity contribution in [3.63, 3.8) is 0 Å². The number of benzene rings is 1. The molecule has 0 aromatic heterocycles. The number of carbonyl (C=O) groups excluding carboxylic acids is 1. The van der Waals surface area contributed by atoms with Gasteiger partial charge in [0.15, 0.2) is 0 Å². The van der Waals surface area contributed by atoms with Gasteiger partial charge in [0.05, 0.1) is 18.2 Å². The molecule has 0 saturated carbocycles. The van der Waals surface area contributed by atoms with Crippen molar-refractivity contribution in [3.05, 3.63) is 27.7 Å². The van der Waals surface area contributed by atoms with E-state index in [2.05, 4.69) is 15.9 Å². The lowest BCUT2D eigenvalue weighted by Crippen LogP contribution is -2.51. The van der Waals surface area contributed by atoms with Crippen molar-refractivity contribution in [2.45, 2.75) is 23.8 Å². The van der Waals surface area contributed by atoms with Crippen LogP contribution < -0.4 is 0 Å². The minimum absolute atomic E-state index is 0.0362. The van der Waals surface area contributed by atoms with E-state index in [1.165, 1.54) is 10.4 Å².